The van der Waals surface area contributed by atoms with Gasteiger partial charge in [0.1, 0.15) is 6.61 Å². The van der Waals surface area contributed by atoms with E-state index < -0.39 is 5.92 Å². The molecule has 1 atom stereocenters. The molecule has 6 rings (SSSR count). The Bertz CT molecular complexity index is 1650. The lowest BCUT2D eigenvalue weighted by Gasteiger charge is -2.43. The smallest absolute Gasteiger partial charge is 0.336 e. The molecule has 1 saturated heterocycles. The molecule has 1 N–H and O–H groups in total. The van der Waals surface area contributed by atoms with Crippen LogP contribution < -0.4 is 5.32 Å². The van der Waals surface area contributed by atoms with E-state index >= 15 is 0 Å². The van der Waals surface area contributed by atoms with Crippen molar-refractivity contribution in [3.63, 3.8) is 0 Å². The minimum absolute atomic E-state index is 0.0253. The van der Waals surface area contributed by atoms with E-state index in [0.717, 1.165) is 48.5 Å². The fraction of sp³-hybridized carbons (Fsp3) is 0.314. The molecule has 1 fully saturated rings. The summed E-state index contributed by atoms with van der Waals surface area (Å²) in [7, 11) is 1.72. The number of halogens is 1. The minimum Gasteiger partial charge on any atom is -0.461 e. The maximum absolute atomic E-state index is 13.8. The first-order valence-electron chi connectivity index (χ1n) is 15.1. The number of carbonyl (C=O) groups excluding carboxylic acids is 1. The maximum Gasteiger partial charge on any atom is 0.336 e. The number of allylic oxidation sites excluding steroid dienone is 3. The van der Waals surface area contributed by atoms with Crippen LogP contribution in [0.15, 0.2) is 102 Å². The van der Waals surface area contributed by atoms with E-state index in [9.17, 15) is 4.79 Å². The SMILES string of the molecule is CC1=C(C(=O)OCCN2CCC(c3ccccc3)(c3ccccc3)CC2)C(c2ccccc2Cl)C(c2nnn(C)n2)=C(C)N1. The molecule has 1 aromatic heterocycles. The zero-order valence-corrected chi connectivity index (χ0v) is 26.1. The number of aromatic nitrogens is 4. The van der Waals surface area contributed by atoms with Crippen molar-refractivity contribution < 1.29 is 9.53 Å². The Morgan fingerprint density at radius 1 is 0.932 bits per heavy atom. The van der Waals surface area contributed by atoms with Gasteiger partial charge in [0.2, 0.25) is 5.82 Å². The van der Waals surface area contributed by atoms with Crippen molar-refractivity contribution in [3.8, 4) is 0 Å². The fourth-order valence-electron chi connectivity index (χ4n) is 6.74. The van der Waals surface area contributed by atoms with Crippen LogP contribution in [-0.4, -0.2) is 57.3 Å². The van der Waals surface area contributed by atoms with Crippen molar-refractivity contribution in [3.05, 3.63) is 129 Å². The molecule has 4 aromatic rings. The molecule has 9 heteroatoms. The van der Waals surface area contributed by atoms with Crippen LogP contribution in [0, 0.1) is 0 Å². The van der Waals surface area contributed by atoms with Crippen LogP contribution in [0.4, 0.5) is 0 Å². The largest absolute Gasteiger partial charge is 0.461 e. The van der Waals surface area contributed by atoms with E-state index in [0.29, 0.717) is 23.0 Å². The number of rotatable bonds is 8. The second-order valence-electron chi connectivity index (χ2n) is 11.6. The summed E-state index contributed by atoms with van der Waals surface area (Å²) in [4.78, 5) is 17.6. The molecule has 2 aliphatic heterocycles. The average molecular weight is 609 g/mol. The van der Waals surface area contributed by atoms with Gasteiger partial charge in [-0.1, -0.05) is 90.5 Å². The molecule has 0 radical (unpaired) electrons. The third-order valence-electron chi connectivity index (χ3n) is 8.95. The number of dihydropyridines is 1. The number of piperidine rings is 1. The average Bonchev–Trinajstić information content (AvgIpc) is 3.47. The monoisotopic (exact) mass is 608 g/mol. The first-order valence-corrected chi connectivity index (χ1v) is 15.4. The van der Waals surface area contributed by atoms with Crippen LogP contribution in [-0.2, 0) is 22.0 Å². The molecule has 3 aromatic carbocycles. The number of ether oxygens (including phenoxy) is 1. The molecule has 3 heterocycles. The number of aryl methyl sites for hydroxylation is 1. The summed E-state index contributed by atoms with van der Waals surface area (Å²) in [5.74, 6) is -0.448. The lowest BCUT2D eigenvalue weighted by atomic mass is 9.68. The Hall–Kier alpha value is -4.27. The van der Waals surface area contributed by atoms with Crippen molar-refractivity contribution in [1.82, 2.24) is 30.4 Å². The van der Waals surface area contributed by atoms with Crippen molar-refractivity contribution in [1.29, 1.82) is 0 Å². The van der Waals surface area contributed by atoms with Gasteiger partial charge in [-0.3, -0.25) is 4.90 Å². The number of nitrogens with one attached hydrogen (secondary N) is 1. The van der Waals surface area contributed by atoms with Gasteiger partial charge < -0.3 is 10.1 Å². The van der Waals surface area contributed by atoms with Gasteiger partial charge in [0.25, 0.3) is 0 Å². The predicted molar refractivity (Wildman–Crippen MR) is 172 cm³/mol. The number of tetrazole rings is 1. The van der Waals surface area contributed by atoms with Crippen LogP contribution in [0.2, 0.25) is 5.02 Å². The molecule has 8 nitrogen and oxygen atoms in total. The number of hydrogen-bond acceptors (Lipinski definition) is 7. The van der Waals surface area contributed by atoms with Gasteiger partial charge in [0.15, 0.2) is 0 Å². The maximum atomic E-state index is 13.8. The Balaban J connectivity index is 1.17. The molecule has 0 amide bonds. The predicted octanol–water partition coefficient (Wildman–Crippen LogP) is 5.88. The fourth-order valence-corrected chi connectivity index (χ4v) is 6.98. The Labute approximate surface area is 263 Å². The second kappa shape index (κ2) is 12.8. The van der Waals surface area contributed by atoms with Crippen LogP contribution in [0.5, 0.6) is 0 Å². The van der Waals surface area contributed by atoms with Crippen molar-refractivity contribution in [2.45, 2.75) is 38.0 Å². The molecular weight excluding hydrogens is 572 g/mol. The highest BCUT2D eigenvalue weighted by atomic mass is 35.5. The Morgan fingerprint density at radius 2 is 1.55 bits per heavy atom. The van der Waals surface area contributed by atoms with Gasteiger partial charge in [0.05, 0.1) is 12.6 Å². The van der Waals surface area contributed by atoms with Gasteiger partial charge in [-0.15, -0.1) is 10.2 Å². The highest BCUT2D eigenvalue weighted by molar-refractivity contribution is 6.31. The van der Waals surface area contributed by atoms with Crippen LogP contribution in [0.3, 0.4) is 0 Å². The molecule has 226 valence electrons. The Morgan fingerprint density at radius 3 is 2.14 bits per heavy atom. The number of nitrogens with zero attached hydrogens (tertiary/aromatic N) is 5. The number of carbonyl (C=O) groups is 1. The summed E-state index contributed by atoms with van der Waals surface area (Å²) in [6.07, 6.45) is 1.99. The number of hydrogen-bond donors (Lipinski definition) is 1. The van der Waals surface area contributed by atoms with E-state index in [1.807, 2.05) is 38.1 Å². The van der Waals surface area contributed by atoms with E-state index in [2.05, 4.69) is 86.3 Å². The zero-order valence-electron chi connectivity index (χ0n) is 25.3. The van der Waals surface area contributed by atoms with E-state index in [4.69, 9.17) is 16.3 Å². The first kappa shape index (κ1) is 29.8. The molecular formula is C35H37ClN6O2. The van der Waals surface area contributed by atoms with Crippen molar-refractivity contribution in [2.24, 2.45) is 7.05 Å². The van der Waals surface area contributed by atoms with Gasteiger partial charge in [-0.2, -0.15) is 4.80 Å². The van der Waals surface area contributed by atoms with E-state index in [-0.39, 0.29) is 18.0 Å². The minimum atomic E-state index is -0.506. The summed E-state index contributed by atoms with van der Waals surface area (Å²) in [6, 6.07) is 29.2. The van der Waals surface area contributed by atoms with E-state index in [1.165, 1.54) is 15.9 Å². The lowest BCUT2D eigenvalue weighted by molar-refractivity contribution is -0.139. The third-order valence-corrected chi connectivity index (χ3v) is 9.29. The summed E-state index contributed by atoms with van der Waals surface area (Å²) < 4.78 is 5.99. The number of likely N-dealkylation sites (tertiary alicyclic amines) is 1. The number of benzene rings is 3. The summed E-state index contributed by atoms with van der Waals surface area (Å²) in [5, 5.41) is 16.7. The standard InChI is InChI=1S/C35H37ClN6O2/c1-24-30(33-38-40-41(3)39-33)32(28-16-10-11-17-29(28)36)31(25(2)37-24)34(43)44-23-22-42-20-18-35(19-21-42,26-12-6-4-7-13-26)27-14-8-5-9-15-27/h4-17,32,37H,18-23H2,1-3H3. The quantitative estimate of drug-likeness (QED) is 0.250. The summed E-state index contributed by atoms with van der Waals surface area (Å²) >= 11 is 6.71. The summed E-state index contributed by atoms with van der Waals surface area (Å²) in [6.45, 7) is 6.62. The lowest BCUT2D eigenvalue weighted by Crippen LogP contribution is -2.44. The molecule has 0 bridgehead atoms. The molecule has 0 saturated carbocycles. The van der Waals surface area contributed by atoms with Crippen molar-refractivity contribution >= 4 is 23.1 Å². The second-order valence-corrected chi connectivity index (χ2v) is 12.0. The highest BCUT2D eigenvalue weighted by Gasteiger charge is 2.39. The van der Waals surface area contributed by atoms with Gasteiger partial charge in [0, 0.05) is 39.9 Å². The molecule has 0 aliphatic carbocycles. The first-order chi connectivity index (χ1) is 21.4. The van der Waals surface area contributed by atoms with Crippen molar-refractivity contribution in [2.75, 3.05) is 26.2 Å². The van der Waals surface area contributed by atoms with Gasteiger partial charge in [-0.25, -0.2) is 4.79 Å². The van der Waals surface area contributed by atoms with Gasteiger partial charge >= 0.3 is 5.97 Å². The highest BCUT2D eigenvalue weighted by Crippen LogP contribution is 2.45. The molecule has 44 heavy (non-hydrogen) atoms. The topological polar surface area (TPSA) is 85.2 Å². The van der Waals surface area contributed by atoms with Crippen LogP contribution in [0.25, 0.3) is 5.57 Å². The molecule has 1 unspecified atom stereocenters. The molecule has 0 spiro atoms. The molecule has 2 aliphatic rings. The van der Waals surface area contributed by atoms with Crippen LogP contribution in [0.1, 0.15) is 55.1 Å². The Kier molecular flexibility index (Phi) is 8.64. The third kappa shape index (κ3) is 5.79. The van der Waals surface area contributed by atoms with Gasteiger partial charge in [-0.05, 0) is 67.7 Å². The number of esters is 1. The normalized spacial score (nSPS) is 18.7. The zero-order chi connectivity index (χ0) is 30.7. The van der Waals surface area contributed by atoms with E-state index in [1.54, 1.807) is 7.05 Å². The van der Waals surface area contributed by atoms with Crippen LogP contribution >= 0.6 is 11.6 Å². The summed E-state index contributed by atoms with van der Waals surface area (Å²) in [5.41, 5.74) is 6.28.